The van der Waals surface area contributed by atoms with E-state index in [-0.39, 0.29) is 0 Å². The summed E-state index contributed by atoms with van der Waals surface area (Å²) in [6, 6.07) is 2.89. The molecule has 10 nitrogen and oxygen atoms in total. The Balaban J connectivity index is 2.09. The molecule has 1 N–H and O–H groups in total. The largest absolute Gasteiger partial charge is 0.493 e. The summed E-state index contributed by atoms with van der Waals surface area (Å²) in [5, 5.41) is 14.9. The van der Waals surface area contributed by atoms with E-state index in [0.717, 1.165) is 19.3 Å². The number of nitrogens with one attached hydrogen (secondary N) is 1. The zero-order chi connectivity index (χ0) is 21.7. The Morgan fingerprint density at radius 1 is 1.13 bits per heavy atom. The Morgan fingerprint density at radius 2 is 1.90 bits per heavy atom. The predicted molar refractivity (Wildman–Crippen MR) is 109 cm³/mol. The lowest BCUT2D eigenvalue weighted by molar-refractivity contribution is -0.139. The van der Waals surface area contributed by atoms with Crippen LogP contribution in [0.15, 0.2) is 23.4 Å². The third-order valence-electron chi connectivity index (χ3n) is 4.94. The molecule has 0 unspecified atom stereocenters. The molecule has 1 aliphatic rings. The number of tetrazole rings is 1. The van der Waals surface area contributed by atoms with E-state index in [1.165, 1.54) is 18.9 Å². The summed E-state index contributed by atoms with van der Waals surface area (Å²) < 4.78 is 23.6. The number of ether oxygens (including phenoxy) is 4. The van der Waals surface area contributed by atoms with Gasteiger partial charge in [0.05, 0.1) is 33.5 Å². The smallest absolute Gasteiger partial charge is 0.338 e. The van der Waals surface area contributed by atoms with Crippen molar-refractivity contribution in [3.63, 3.8) is 0 Å². The average Bonchev–Trinajstić information content (AvgIpc) is 3.22. The minimum atomic E-state index is -0.662. The van der Waals surface area contributed by atoms with Gasteiger partial charge in [0.15, 0.2) is 11.5 Å². The maximum Gasteiger partial charge on any atom is 0.338 e. The van der Waals surface area contributed by atoms with Gasteiger partial charge in [-0.15, -0.1) is 0 Å². The van der Waals surface area contributed by atoms with Crippen molar-refractivity contribution in [1.82, 2.24) is 20.2 Å². The normalized spacial score (nSPS) is 15.3. The van der Waals surface area contributed by atoms with E-state index >= 15 is 0 Å². The summed E-state index contributed by atoms with van der Waals surface area (Å²) in [5.41, 5.74) is 1.65. The van der Waals surface area contributed by atoms with Crippen molar-refractivity contribution in [3.8, 4) is 17.2 Å². The number of aromatic nitrogens is 4. The standard InChI is InChI=1S/C20H27N5O5/c1-6-7-8-11-30-19(26)15-12(2)21-20-22-23-24-25(20)16(15)13-9-10-14(27-3)18(29-5)17(13)28-4/h9-10,16H,6-8,11H2,1-5H3,(H,21,22,24)/t16-/m0/s1. The van der Waals surface area contributed by atoms with Crippen LogP contribution in [-0.4, -0.2) is 54.1 Å². The minimum Gasteiger partial charge on any atom is -0.493 e. The first-order valence-corrected chi connectivity index (χ1v) is 9.78. The van der Waals surface area contributed by atoms with E-state index in [1.54, 1.807) is 26.2 Å². The molecule has 30 heavy (non-hydrogen) atoms. The number of esters is 1. The van der Waals surface area contributed by atoms with Crippen molar-refractivity contribution in [3.05, 3.63) is 29.0 Å². The van der Waals surface area contributed by atoms with E-state index < -0.39 is 12.0 Å². The van der Waals surface area contributed by atoms with Crippen molar-refractivity contribution < 1.29 is 23.7 Å². The number of methoxy groups -OCH3 is 3. The molecule has 0 saturated heterocycles. The van der Waals surface area contributed by atoms with E-state index in [1.807, 2.05) is 0 Å². The Morgan fingerprint density at radius 3 is 2.57 bits per heavy atom. The van der Waals surface area contributed by atoms with Crippen LogP contribution in [0.1, 0.15) is 44.7 Å². The van der Waals surface area contributed by atoms with E-state index in [9.17, 15) is 4.79 Å². The predicted octanol–water partition coefficient (Wildman–Crippen LogP) is 2.72. The number of allylic oxidation sites excluding steroid dienone is 1. The molecule has 0 amide bonds. The fourth-order valence-electron chi connectivity index (χ4n) is 3.50. The van der Waals surface area contributed by atoms with E-state index in [4.69, 9.17) is 18.9 Å². The number of rotatable bonds is 9. The highest BCUT2D eigenvalue weighted by molar-refractivity contribution is 5.92. The Kier molecular flexibility index (Phi) is 6.76. The van der Waals surface area contributed by atoms with Crippen LogP contribution in [0.4, 0.5) is 5.95 Å². The van der Waals surface area contributed by atoms with Crippen LogP contribution in [0.5, 0.6) is 17.2 Å². The van der Waals surface area contributed by atoms with Crippen molar-refractivity contribution in [2.45, 2.75) is 39.2 Å². The second-order valence-electron chi connectivity index (χ2n) is 6.78. The number of carbonyl (C=O) groups is 1. The number of unbranched alkanes of at least 4 members (excludes halogenated alkanes) is 2. The average molecular weight is 417 g/mol. The van der Waals surface area contributed by atoms with Crippen molar-refractivity contribution in [1.29, 1.82) is 0 Å². The number of hydrogen-bond acceptors (Lipinski definition) is 9. The summed E-state index contributed by atoms with van der Waals surface area (Å²) in [6.07, 6.45) is 2.84. The fourth-order valence-corrected chi connectivity index (χ4v) is 3.50. The van der Waals surface area contributed by atoms with Gasteiger partial charge in [-0.05, 0) is 35.9 Å². The Hall–Kier alpha value is -3.30. The van der Waals surface area contributed by atoms with E-state index in [2.05, 4.69) is 27.8 Å². The summed E-state index contributed by atoms with van der Waals surface area (Å²) in [5.74, 6) is 1.33. The van der Waals surface area contributed by atoms with Crippen LogP contribution in [-0.2, 0) is 9.53 Å². The second kappa shape index (κ2) is 9.47. The summed E-state index contributed by atoms with van der Waals surface area (Å²) in [7, 11) is 4.60. The van der Waals surface area contributed by atoms with Gasteiger partial charge in [-0.2, -0.15) is 4.68 Å². The van der Waals surface area contributed by atoms with Crippen molar-refractivity contribution >= 4 is 11.9 Å². The quantitative estimate of drug-likeness (QED) is 0.486. The molecule has 3 rings (SSSR count). The van der Waals surface area contributed by atoms with Gasteiger partial charge in [0, 0.05) is 11.3 Å². The lowest BCUT2D eigenvalue weighted by Gasteiger charge is -2.29. The van der Waals surface area contributed by atoms with Gasteiger partial charge in [-0.25, -0.2) is 4.79 Å². The van der Waals surface area contributed by atoms with Crippen LogP contribution in [0.25, 0.3) is 0 Å². The topological polar surface area (TPSA) is 110 Å². The van der Waals surface area contributed by atoms with Crippen LogP contribution in [0.3, 0.4) is 0 Å². The molecule has 1 aliphatic heterocycles. The number of carbonyl (C=O) groups excluding carboxylic acids is 1. The van der Waals surface area contributed by atoms with Gasteiger partial charge in [0.1, 0.15) is 6.04 Å². The van der Waals surface area contributed by atoms with Gasteiger partial charge in [0.2, 0.25) is 11.7 Å². The number of nitrogens with zero attached hydrogens (tertiary/aromatic N) is 4. The molecule has 0 aliphatic carbocycles. The highest BCUT2D eigenvalue weighted by Gasteiger charge is 2.37. The van der Waals surface area contributed by atoms with Crippen LogP contribution < -0.4 is 19.5 Å². The molecule has 0 fully saturated rings. The van der Waals surface area contributed by atoms with E-state index in [0.29, 0.717) is 46.6 Å². The highest BCUT2D eigenvalue weighted by atomic mass is 16.5. The number of benzene rings is 1. The maximum absolute atomic E-state index is 13.1. The number of hydrogen-bond donors (Lipinski definition) is 1. The third-order valence-corrected chi connectivity index (χ3v) is 4.94. The minimum absolute atomic E-state index is 0.349. The lowest BCUT2D eigenvalue weighted by Crippen LogP contribution is -2.30. The molecule has 162 valence electrons. The summed E-state index contributed by atoms with van der Waals surface area (Å²) >= 11 is 0. The molecule has 0 saturated carbocycles. The zero-order valence-electron chi connectivity index (χ0n) is 17.9. The molecule has 0 radical (unpaired) electrons. The van der Waals surface area contributed by atoms with Crippen LogP contribution >= 0.6 is 0 Å². The molecular weight excluding hydrogens is 390 g/mol. The summed E-state index contributed by atoms with van der Waals surface area (Å²) in [4.78, 5) is 13.1. The van der Waals surface area contributed by atoms with Gasteiger partial charge < -0.3 is 24.3 Å². The first-order chi connectivity index (χ1) is 14.6. The van der Waals surface area contributed by atoms with Gasteiger partial charge in [-0.3, -0.25) is 0 Å². The zero-order valence-corrected chi connectivity index (χ0v) is 17.9. The molecule has 1 atom stereocenters. The SMILES string of the molecule is CCCCCOC(=O)C1=C(C)Nc2nnnn2[C@H]1c1ccc(OC)c(OC)c1OC. The summed E-state index contributed by atoms with van der Waals surface area (Å²) in [6.45, 7) is 4.24. The van der Waals surface area contributed by atoms with Gasteiger partial charge in [-0.1, -0.05) is 24.9 Å². The lowest BCUT2D eigenvalue weighted by atomic mass is 9.94. The number of anilines is 1. The maximum atomic E-state index is 13.1. The van der Waals surface area contributed by atoms with Gasteiger partial charge in [0.25, 0.3) is 0 Å². The highest BCUT2D eigenvalue weighted by Crippen LogP contribution is 2.46. The first kappa shape index (κ1) is 21.4. The molecule has 1 aromatic heterocycles. The Labute approximate surface area is 175 Å². The number of fused-ring (bicyclic) bond motifs is 1. The second-order valence-corrected chi connectivity index (χ2v) is 6.78. The van der Waals surface area contributed by atoms with Crippen molar-refractivity contribution in [2.24, 2.45) is 0 Å². The molecule has 0 bridgehead atoms. The third kappa shape index (κ3) is 3.89. The molecular formula is C20H27N5O5. The molecule has 0 spiro atoms. The van der Waals surface area contributed by atoms with Crippen LogP contribution in [0.2, 0.25) is 0 Å². The monoisotopic (exact) mass is 417 g/mol. The molecule has 1 aromatic carbocycles. The first-order valence-electron chi connectivity index (χ1n) is 9.78. The Bertz CT molecular complexity index is 940. The van der Waals surface area contributed by atoms with Gasteiger partial charge >= 0.3 is 5.97 Å². The van der Waals surface area contributed by atoms with Crippen molar-refractivity contribution in [2.75, 3.05) is 33.3 Å². The van der Waals surface area contributed by atoms with Crippen LogP contribution in [0, 0.1) is 0 Å². The molecule has 2 heterocycles. The molecule has 10 heteroatoms. The molecule has 2 aromatic rings. The fraction of sp³-hybridized carbons (Fsp3) is 0.500.